The maximum absolute atomic E-state index is 10.5. The fourth-order valence-corrected chi connectivity index (χ4v) is 2.48. The highest BCUT2D eigenvalue weighted by molar-refractivity contribution is 5.66. The van der Waals surface area contributed by atoms with Crippen molar-refractivity contribution in [3.05, 3.63) is 0 Å². The standard InChI is InChI=1S/C12H21NO4/c14-12(15)4-3-11-9-13(5-7-17-11)8-10-2-1-6-16-10/h10-11H,1-9H2,(H,14,15). The lowest BCUT2D eigenvalue weighted by atomic mass is 10.1. The van der Waals surface area contributed by atoms with Crippen LogP contribution < -0.4 is 0 Å². The largest absolute Gasteiger partial charge is 0.481 e. The van der Waals surface area contributed by atoms with Crippen molar-refractivity contribution in [1.29, 1.82) is 0 Å². The van der Waals surface area contributed by atoms with Gasteiger partial charge in [-0.25, -0.2) is 0 Å². The van der Waals surface area contributed by atoms with Gasteiger partial charge in [-0.15, -0.1) is 0 Å². The van der Waals surface area contributed by atoms with E-state index in [1.165, 1.54) is 0 Å². The van der Waals surface area contributed by atoms with Crippen molar-refractivity contribution in [1.82, 2.24) is 4.90 Å². The first-order chi connectivity index (χ1) is 8.24. The third kappa shape index (κ3) is 4.26. The van der Waals surface area contributed by atoms with Gasteiger partial charge in [-0.3, -0.25) is 9.69 Å². The summed E-state index contributed by atoms with van der Waals surface area (Å²) in [5.74, 6) is -0.746. The zero-order valence-electron chi connectivity index (χ0n) is 10.1. The van der Waals surface area contributed by atoms with E-state index in [1.54, 1.807) is 0 Å². The fraction of sp³-hybridized carbons (Fsp3) is 0.917. The Labute approximate surface area is 102 Å². The number of hydrogen-bond acceptors (Lipinski definition) is 4. The van der Waals surface area contributed by atoms with Crippen molar-refractivity contribution < 1.29 is 19.4 Å². The number of nitrogens with zero attached hydrogens (tertiary/aromatic N) is 1. The van der Waals surface area contributed by atoms with Gasteiger partial charge in [0.15, 0.2) is 0 Å². The molecule has 5 nitrogen and oxygen atoms in total. The molecular formula is C12H21NO4. The molecule has 0 spiro atoms. The van der Waals surface area contributed by atoms with Gasteiger partial charge in [0.1, 0.15) is 0 Å². The number of aliphatic carboxylic acids is 1. The van der Waals surface area contributed by atoms with Crippen LogP contribution in [-0.4, -0.2) is 61.0 Å². The summed E-state index contributed by atoms with van der Waals surface area (Å²) in [4.78, 5) is 12.9. The summed E-state index contributed by atoms with van der Waals surface area (Å²) >= 11 is 0. The van der Waals surface area contributed by atoms with Crippen LogP contribution in [0.3, 0.4) is 0 Å². The van der Waals surface area contributed by atoms with Crippen molar-refractivity contribution in [2.75, 3.05) is 32.8 Å². The van der Waals surface area contributed by atoms with Crippen molar-refractivity contribution in [2.45, 2.75) is 37.9 Å². The SMILES string of the molecule is O=C(O)CCC1CN(CC2CCCO2)CCO1. The molecule has 2 aliphatic rings. The van der Waals surface area contributed by atoms with Crippen LogP contribution in [0, 0.1) is 0 Å². The van der Waals surface area contributed by atoms with Crippen LogP contribution in [-0.2, 0) is 14.3 Å². The van der Waals surface area contributed by atoms with Crippen LogP contribution in [0.15, 0.2) is 0 Å². The van der Waals surface area contributed by atoms with Crippen LogP contribution in [0.2, 0.25) is 0 Å². The van der Waals surface area contributed by atoms with E-state index < -0.39 is 5.97 Å². The van der Waals surface area contributed by atoms with Crippen LogP contribution in [0.4, 0.5) is 0 Å². The van der Waals surface area contributed by atoms with Gasteiger partial charge in [-0.05, 0) is 19.3 Å². The molecule has 2 rings (SSSR count). The fourth-order valence-electron chi connectivity index (χ4n) is 2.48. The lowest BCUT2D eigenvalue weighted by Gasteiger charge is -2.34. The monoisotopic (exact) mass is 243 g/mol. The summed E-state index contributed by atoms with van der Waals surface area (Å²) in [5.41, 5.74) is 0. The van der Waals surface area contributed by atoms with Crippen LogP contribution >= 0.6 is 0 Å². The molecule has 17 heavy (non-hydrogen) atoms. The maximum atomic E-state index is 10.5. The number of carboxylic acid groups (broad SMARTS) is 1. The van der Waals surface area contributed by atoms with E-state index in [0.29, 0.717) is 19.1 Å². The summed E-state index contributed by atoms with van der Waals surface area (Å²) in [6, 6.07) is 0. The number of morpholine rings is 1. The topological polar surface area (TPSA) is 59.0 Å². The zero-order valence-corrected chi connectivity index (χ0v) is 10.1. The number of carbonyl (C=O) groups is 1. The van der Waals surface area contributed by atoms with Crippen molar-refractivity contribution in [3.8, 4) is 0 Å². The number of carboxylic acids is 1. The smallest absolute Gasteiger partial charge is 0.303 e. The average Bonchev–Trinajstić information content (AvgIpc) is 2.80. The minimum Gasteiger partial charge on any atom is -0.481 e. The zero-order chi connectivity index (χ0) is 12.1. The first-order valence-corrected chi connectivity index (χ1v) is 6.41. The van der Waals surface area contributed by atoms with E-state index in [2.05, 4.69) is 4.90 Å². The second-order valence-corrected chi connectivity index (χ2v) is 4.82. The summed E-state index contributed by atoms with van der Waals surface area (Å²) in [6.07, 6.45) is 3.55. The van der Waals surface area contributed by atoms with E-state index in [9.17, 15) is 4.79 Å². The third-order valence-electron chi connectivity index (χ3n) is 3.39. The molecule has 2 unspecified atom stereocenters. The van der Waals surface area contributed by atoms with Gasteiger partial charge < -0.3 is 14.6 Å². The van der Waals surface area contributed by atoms with E-state index in [1.807, 2.05) is 0 Å². The molecule has 0 aromatic heterocycles. The molecule has 2 aliphatic heterocycles. The molecule has 98 valence electrons. The highest BCUT2D eigenvalue weighted by Crippen LogP contribution is 2.16. The first-order valence-electron chi connectivity index (χ1n) is 6.41. The molecule has 2 saturated heterocycles. The van der Waals surface area contributed by atoms with Gasteiger partial charge in [0.2, 0.25) is 0 Å². The Morgan fingerprint density at radius 2 is 2.12 bits per heavy atom. The molecule has 0 aromatic carbocycles. The van der Waals surface area contributed by atoms with Gasteiger partial charge in [-0.2, -0.15) is 0 Å². The Bertz CT molecular complexity index is 253. The second kappa shape index (κ2) is 6.33. The third-order valence-corrected chi connectivity index (χ3v) is 3.39. The summed E-state index contributed by atoms with van der Waals surface area (Å²) in [7, 11) is 0. The van der Waals surface area contributed by atoms with Gasteiger partial charge in [0.05, 0.1) is 18.8 Å². The Balaban J connectivity index is 1.70. The van der Waals surface area contributed by atoms with Crippen LogP contribution in [0.1, 0.15) is 25.7 Å². The number of rotatable bonds is 5. The minimum atomic E-state index is -0.746. The minimum absolute atomic E-state index is 0.0706. The summed E-state index contributed by atoms with van der Waals surface area (Å²) in [5, 5.41) is 8.65. The molecule has 1 N–H and O–H groups in total. The molecule has 2 heterocycles. The van der Waals surface area contributed by atoms with Gasteiger partial charge >= 0.3 is 5.97 Å². The molecule has 0 aromatic rings. The Hall–Kier alpha value is -0.650. The molecular weight excluding hydrogens is 222 g/mol. The Morgan fingerprint density at radius 1 is 1.29 bits per heavy atom. The Morgan fingerprint density at radius 3 is 2.82 bits per heavy atom. The molecule has 2 fully saturated rings. The normalized spacial score (nSPS) is 30.6. The predicted molar refractivity (Wildman–Crippen MR) is 62.0 cm³/mol. The first kappa shape index (κ1) is 12.8. The molecule has 0 bridgehead atoms. The lowest BCUT2D eigenvalue weighted by molar-refractivity contribution is -0.138. The Kier molecular flexibility index (Phi) is 4.76. The predicted octanol–water partition coefficient (Wildman–Crippen LogP) is 0.731. The van der Waals surface area contributed by atoms with Crippen molar-refractivity contribution in [3.63, 3.8) is 0 Å². The molecule has 0 amide bonds. The van der Waals surface area contributed by atoms with Crippen molar-refractivity contribution in [2.24, 2.45) is 0 Å². The van der Waals surface area contributed by atoms with E-state index in [0.717, 1.165) is 39.1 Å². The maximum Gasteiger partial charge on any atom is 0.303 e. The van der Waals surface area contributed by atoms with Crippen LogP contribution in [0.25, 0.3) is 0 Å². The average molecular weight is 243 g/mol. The second-order valence-electron chi connectivity index (χ2n) is 4.82. The highest BCUT2D eigenvalue weighted by atomic mass is 16.5. The van der Waals surface area contributed by atoms with Gasteiger partial charge in [0.25, 0.3) is 0 Å². The lowest BCUT2D eigenvalue weighted by Crippen LogP contribution is -2.45. The quantitative estimate of drug-likeness (QED) is 0.771. The van der Waals surface area contributed by atoms with Gasteiger partial charge in [0, 0.05) is 32.7 Å². The molecule has 0 saturated carbocycles. The van der Waals surface area contributed by atoms with E-state index in [-0.39, 0.29) is 12.5 Å². The molecule has 2 atom stereocenters. The van der Waals surface area contributed by atoms with Crippen molar-refractivity contribution >= 4 is 5.97 Å². The van der Waals surface area contributed by atoms with Crippen LogP contribution in [0.5, 0.6) is 0 Å². The number of hydrogen-bond donors (Lipinski definition) is 1. The number of ether oxygens (including phenoxy) is 2. The molecule has 5 heteroatoms. The molecule has 0 aliphatic carbocycles. The highest BCUT2D eigenvalue weighted by Gasteiger charge is 2.25. The van der Waals surface area contributed by atoms with E-state index >= 15 is 0 Å². The van der Waals surface area contributed by atoms with Gasteiger partial charge in [-0.1, -0.05) is 0 Å². The molecule has 0 radical (unpaired) electrons. The summed E-state index contributed by atoms with van der Waals surface area (Å²) in [6.45, 7) is 4.33. The van der Waals surface area contributed by atoms with E-state index in [4.69, 9.17) is 14.6 Å². The summed E-state index contributed by atoms with van der Waals surface area (Å²) < 4.78 is 11.2.